The van der Waals surface area contributed by atoms with Crippen molar-refractivity contribution in [3.8, 4) is 0 Å². The summed E-state index contributed by atoms with van der Waals surface area (Å²) in [4.78, 5) is 20.1. The molecule has 0 aliphatic heterocycles. The van der Waals surface area contributed by atoms with E-state index in [2.05, 4.69) is 41.3 Å². The molecule has 0 bridgehead atoms. The van der Waals surface area contributed by atoms with E-state index in [0.717, 1.165) is 40.7 Å². The van der Waals surface area contributed by atoms with Gasteiger partial charge < -0.3 is 10.3 Å². The fourth-order valence-electron chi connectivity index (χ4n) is 2.74. The van der Waals surface area contributed by atoms with Gasteiger partial charge in [-0.2, -0.15) is 0 Å². The standard InChI is InChI=1S/C19H20ClN3OS/c1-3-12-6-5-7-13(4-2)18(12)23-17(24)11-25-19-21-15-9-8-14(20)10-16(15)22-19/h5-10H,3-4,11H2,1-2H3,(H,21,22)(H,23,24). The Hall–Kier alpha value is -1.98. The highest BCUT2D eigenvalue weighted by molar-refractivity contribution is 7.99. The molecule has 0 radical (unpaired) electrons. The molecule has 0 fully saturated rings. The molecule has 0 saturated carbocycles. The second-order valence-corrected chi connectivity index (χ2v) is 7.10. The molecular formula is C19H20ClN3OS. The van der Waals surface area contributed by atoms with E-state index in [1.54, 1.807) is 6.07 Å². The van der Waals surface area contributed by atoms with Gasteiger partial charge in [0.15, 0.2) is 5.16 Å². The van der Waals surface area contributed by atoms with Gasteiger partial charge in [0.1, 0.15) is 0 Å². The van der Waals surface area contributed by atoms with E-state index in [9.17, 15) is 4.79 Å². The van der Waals surface area contributed by atoms with Crippen LogP contribution in [0, 0.1) is 0 Å². The van der Waals surface area contributed by atoms with Crippen LogP contribution in [0.15, 0.2) is 41.6 Å². The third-order valence-corrected chi connectivity index (χ3v) is 5.13. The maximum atomic E-state index is 12.4. The molecule has 2 aromatic carbocycles. The van der Waals surface area contributed by atoms with Gasteiger partial charge in [-0.1, -0.05) is 55.4 Å². The number of rotatable bonds is 6. The molecule has 1 amide bonds. The third-order valence-electron chi connectivity index (χ3n) is 4.03. The number of H-pyrrole nitrogens is 1. The predicted octanol–water partition coefficient (Wildman–Crippen LogP) is 5.07. The monoisotopic (exact) mass is 373 g/mol. The lowest BCUT2D eigenvalue weighted by molar-refractivity contribution is -0.113. The Morgan fingerprint density at radius 1 is 1.20 bits per heavy atom. The Balaban J connectivity index is 1.68. The van der Waals surface area contributed by atoms with Crippen LogP contribution in [-0.4, -0.2) is 21.6 Å². The Morgan fingerprint density at radius 2 is 1.92 bits per heavy atom. The average molecular weight is 374 g/mol. The molecule has 0 aliphatic rings. The molecule has 130 valence electrons. The normalized spacial score (nSPS) is 11.0. The van der Waals surface area contributed by atoms with E-state index in [4.69, 9.17) is 11.6 Å². The third kappa shape index (κ3) is 4.17. The molecule has 0 aliphatic carbocycles. The number of hydrogen-bond donors (Lipinski definition) is 2. The number of carbonyl (C=O) groups excluding carboxylic acids is 1. The van der Waals surface area contributed by atoms with Crippen molar-refractivity contribution in [2.24, 2.45) is 0 Å². The summed E-state index contributed by atoms with van der Waals surface area (Å²) in [5, 5.41) is 4.45. The smallest absolute Gasteiger partial charge is 0.234 e. The molecule has 0 saturated heterocycles. The van der Waals surface area contributed by atoms with Crippen molar-refractivity contribution >= 4 is 46.0 Å². The van der Waals surface area contributed by atoms with Crippen LogP contribution in [0.3, 0.4) is 0 Å². The number of para-hydroxylation sites is 1. The van der Waals surface area contributed by atoms with Crippen LogP contribution in [0.2, 0.25) is 5.02 Å². The minimum atomic E-state index is -0.0286. The van der Waals surface area contributed by atoms with Gasteiger partial charge in [0.05, 0.1) is 16.8 Å². The SMILES string of the molecule is CCc1cccc(CC)c1NC(=O)CSc1nc2ccc(Cl)cc2[nH]1. The molecule has 4 nitrogen and oxygen atoms in total. The van der Waals surface area contributed by atoms with Crippen molar-refractivity contribution < 1.29 is 4.79 Å². The van der Waals surface area contributed by atoms with E-state index in [0.29, 0.717) is 15.9 Å². The molecule has 6 heteroatoms. The van der Waals surface area contributed by atoms with E-state index in [-0.39, 0.29) is 5.91 Å². The lowest BCUT2D eigenvalue weighted by atomic mass is 10.0. The van der Waals surface area contributed by atoms with Crippen molar-refractivity contribution in [2.45, 2.75) is 31.8 Å². The predicted molar refractivity (Wildman–Crippen MR) is 106 cm³/mol. The number of nitrogens with zero attached hydrogens (tertiary/aromatic N) is 1. The zero-order chi connectivity index (χ0) is 17.8. The van der Waals surface area contributed by atoms with Gasteiger partial charge in [-0.3, -0.25) is 4.79 Å². The Kier molecular flexibility index (Phi) is 5.66. The summed E-state index contributed by atoms with van der Waals surface area (Å²) >= 11 is 7.37. The van der Waals surface area contributed by atoms with Crippen molar-refractivity contribution in [1.82, 2.24) is 9.97 Å². The number of imidazole rings is 1. The second kappa shape index (κ2) is 7.93. The first-order valence-electron chi connectivity index (χ1n) is 8.29. The Bertz CT molecular complexity index is 885. The van der Waals surface area contributed by atoms with E-state index >= 15 is 0 Å². The summed E-state index contributed by atoms with van der Waals surface area (Å²) < 4.78 is 0. The van der Waals surface area contributed by atoms with E-state index in [1.807, 2.05) is 18.2 Å². The van der Waals surface area contributed by atoms with Crippen LogP contribution < -0.4 is 5.32 Å². The number of aromatic nitrogens is 2. The number of thioether (sulfide) groups is 1. The molecule has 3 rings (SSSR count). The molecule has 1 aromatic heterocycles. The zero-order valence-electron chi connectivity index (χ0n) is 14.2. The molecular weight excluding hydrogens is 354 g/mol. The summed E-state index contributed by atoms with van der Waals surface area (Å²) in [6.07, 6.45) is 1.78. The Labute approximate surface area is 156 Å². The first-order chi connectivity index (χ1) is 12.1. The van der Waals surface area contributed by atoms with Crippen LogP contribution in [0.5, 0.6) is 0 Å². The second-order valence-electron chi connectivity index (χ2n) is 5.70. The number of nitrogens with one attached hydrogen (secondary N) is 2. The fraction of sp³-hybridized carbons (Fsp3) is 0.263. The highest BCUT2D eigenvalue weighted by Crippen LogP contribution is 2.25. The number of aromatic amines is 1. The van der Waals surface area contributed by atoms with Crippen LogP contribution in [0.1, 0.15) is 25.0 Å². The number of halogens is 1. The number of benzene rings is 2. The van der Waals surface area contributed by atoms with Crippen molar-refractivity contribution in [3.63, 3.8) is 0 Å². The Morgan fingerprint density at radius 3 is 2.60 bits per heavy atom. The fourth-order valence-corrected chi connectivity index (χ4v) is 3.60. The number of hydrogen-bond acceptors (Lipinski definition) is 3. The van der Waals surface area contributed by atoms with Crippen LogP contribution >= 0.6 is 23.4 Å². The minimum Gasteiger partial charge on any atom is -0.333 e. The molecule has 0 atom stereocenters. The minimum absolute atomic E-state index is 0.0286. The van der Waals surface area contributed by atoms with E-state index < -0.39 is 0 Å². The van der Waals surface area contributed by atoms with Crippen LogP contribution in [0.4, 0.5) is 5.69 Å². The first-order valence-corrected chi connectivity index (χ1v) is 9.65. The molecule has 3 aromatic rings. The molecule has 0 spiro atoms. The zero-order valence-corrected chi connectivity index (χ0v) is 15.8. The summed E-state index contributed by atoms with van der Waals surface area (Å²) in [7, 11) is 0. The van der Waals surface area contributed by atoms with Gasteiger partial charge in [-0.05, 0) is 42.2 Å². The molecule has 2 N–H and O–H groups in total. The summed E-state index contributed by atoms with van der Waals surface area (Å²) in [5.74, 6) is 0.272. The largest absolute Gasteiger partial charge is 0.333 e. The number of carbonyl (C=O) groups is 1. The van der Waals surface area contributed by atoms with Crippen molar-refractivity contribution in [2.75, 3.05) is 11.1 Å². The lowest BCUT2D eigenvalue weighted by Crippen LogP contribution is -2.16. The van der Waals surface area contributed by atoms with Gasteiger partial charge in [0.25, 0.3) is 0 Å². The number of amides is 1. The topological polar surface area (TPSA) is 57.8 Å². The quantitative estimate of drug-likeness (QED) is 0.593. The highest BCUT2D eigenvalue weighted by atomic mass is 35.5. The maximum absolute atomic E-state index is 12.4. The summed E-state index contributed by atoms with van der Waals surface area (Å²) in [6.45, 7) is 4.19. The van der Waals surface area contributed by atoms with Gasteiger partial charge in [0.2, 0.25) is 5.91 Å². The van der Waals surface area contributed by atoms with Gasteiger partial charge >= 0.3 is 0 Å². The van der Waals surface area contributed by atoms with Crippen LogP contribution in [0.25, 0.3) is 11.0 Å². The first kappa shape index (κ1) is 17.8. The molecule has 0 unspecified atom stereocenters. The summed E-state index contributed by atoms with van der Waals surface area (Å²) in [6, 6.07) is 11.7. The number of anilines is 1. The summed E-state index contributed by atoms with van der Waals surface area (Å²) in [5.41, 5.74) is 5.00. The average Bonchev–Trinajstić information content (AvgIpc) is 3.02. The molecule has 25 heavy (non-hydrogen) atoms. The van der Waals surface area contributed by atoms with Gasteiger partial charge in [0, 0.05) is 10.7 Å². The van der Waals surface area contributed by atoms with Crippen molar-refractivity contribution in [3.05, 3.63) is 52.5 Å². The van der Waals surface area contributed by atoms with E-state index in [1.165, 1.54) is 11.8 Å². The highest BCUT2D eigenvalue weighted by Gasteiger charge is 2.12. The molecule has 1 heterocycles. The number of aryl methyl sites for hydroxylation is 2. The van der Waals surface area contributed by atoms with Gasteiger partial charge in [-0.25, -0.2) is 4.98 Å². The number of fused-ring (bicyclic) bond motifs is 1. The van der Waals surface area contributed by atoms with Crippen molar-refractivity contribution in [1.29, 1.82) is 0 Å². The van der Waals surface area contributed by atoms with Crippen LogP contribution in [-0.2, 0) is 17.6 Å². The maximum Gasteiger partial charge on any atom is 0.234 e. The van der Waals surface area contributed by atoms with Gasteiger partial charge in [-0.15, -0.1) is 0 Å². The lowest BCUT2D eigenvalue weighted by Gasteiger charge is -2.14.